The van der Waals surface area contributed by atoms with Gasteiger partial charge in [-0.05, 0) is 30.3 Å². The SMILES string of the molecule is O=C(Nc1ccc(Cl)cc1F)c1ccc2cn[nH]c2c1. The maximum atomic E-state index is 13.6. The lowest BCUT2D eigenvalue weighted by molar-refractivity contribution is 0.102. The largest absolute Gasteiger partial charge is 0.319 e. The van der Waals surface area contributed by atoms with E-state index in [-0.39, 0.29) is 10.7 Å². The third-order valence-electron chi connectivity index (χ3n) is 2.88. The Hall–Kier alpha value is -2.40. The smallest absolute Gasteiger partial charge is 0.255 e. The number of carbonyl (C=O) groups excluding carboxylic acids is 1. The van der Waals surface area contributed by atoms with Crippen LogP contribution in [0.4, 0.5) is 10.1 Å². The standard InChI is InChI=1S/C14H9ClFN3O/c15-10-3-4-12(11(16)6-10)18-14(20)8-1-2-9-7-17-19-13(9)5-8/h1-7H,(H,17,19)(H,18,20). The summed E-state index contributed by atoms with van der Waals surface area (Å²) in [5, 5.41) is 10.3. The average molecular weight is 290 g/mol. The molecule has 20 heavy (non-hydrogen) atoms. The molecule has 1 amide bonds. The summed E-state index contributed by atoms with van der Waals surface area (Å²) in [6.07, 6.45) is 1.66. The van der Waals surface area contributed by atoms with Gasteiger partial charge in [-0.2, -0.15) is 5.10 Å². The van der Waals surface area contributed by atoms with Crippen molar-refractivity contribution in [3.8, 4) is 0 Å². The van der Waals surface area contributed by atoms with Gasteiger partial charge in [-0.3, -0.25) is 9.89 Å². The van der Waals surface area contributed by atoms with Crippen LogP contribution in [0.5, 0.6) is 0 Å². The summed E-state index contributed by atoms with van der Waals surface area (Å²) < 4.78 is 13.6. The summed E-state index contributed by atoms with van der Waals surface area (Å²) in [5.41, 5.74) is 1.24. The molecule has 2 aromatic carbocycles. The van der Waals surface area contributed by atoms with E-state index in [0.29, 0.717) is 5.56 Å². The van der Waals surface area contributed by atoms with Crippen LogP contribution in [0.15, 0.2) is 42.6 Å². The molecule has 0 atom stereocenters. The molecule has 0 aliphatic carbocycles. The van der Waals surface area contributed by atoms with Crippen molar-refractivity contribution in [1.29, 1.82) is 0 Å². The summed E-state index contributed by atoms with van der Waals surface area (Å²) in [5.74, 6) is -0.976. The summed E-state index contributed by atoms with van der Waals surface area (Å²) in [7, 11) is 0. The molecule has 1 heterocycles. The van der Waals surface area contributed by atoms with Crippen molar-refractivity contribution >= 4 is 34.1 Å². The lowest BCUT2D eigenvalue weighted by Crippen LogP contribution is -2.12. The molecule has 3 aromatic rings. The summed E-state index contributed by atoms with van der Waals surface area (Å²) in [4.78, 5) is 12.1. The summed E-state index contributed by atoms with van der Waals surface area (Å²) >= 11 is 5.66. The van der Waals surface area contributed by atoms with Crippen molar-refractivity contribution in [2.75, 3.05) is 5.32 Å². The predicted molar refractivity (Wildman–Crippen MR) is 75.5 cm³/mol. The maximum Gasteiger partial charge on any atom is 0.255 e. The van der Waals surface area contributed by atoms with Gasteiger partial charge in [-0.25, -0.2) is 4.39 Å². The lowest BCUT2D eigenvalue weighted by atomic mass is 10.1. The summed E-state index contributed by atoms with van der Waals surface area (Å²) in [6.45, 7) is 0. The van der Waals surface area contributed by atoms with E-state index in [9.17, 15) is 9.18 Å². The Morgan fingerprint density at radius 1 is 1.25 bits per heavy atom. The second-order valence-electron chi connectivity index (χ2n) is 4.25. The van der Waals surface area contributed by atoms with E-state index in [1.165, 1.54) is 12.1 Å². The van der Waals surface area contributed by atoms with Crippen molar-refractivity contribution in [3.05, 3.63) is 59.0 Å². The average Bonchev–Trinajstić information content (AvgIpc) is 2.89. The van der Waals surface area contributed by atoms with Gasteiger partial charge in [-0.1, -0.05) is 17.7 Å². The van der Waals surface area contributed by atoms with Crippen LogP contribution in [0.3, 0.4) is 0 Å². The summed E-state index contributed by atoms with van der Waals surface area (Å²) in [6, 6.07) is 9.16. The maximum absolute atomic E-state index is 13.6. The van der Waals surface area contributed by atoms with Gasteiger partial charge in [-0.15, -0.1) is 0 Å². The van der Waals surface area contributed by atoms with Crippen LogP contribution in [0.25, 0.3) is 10.9 Å². The number of carbonyl (C=O) groups is 1. The molecule has 100 valence electrons. The first-order chi connectivity index (χ1) is 9.63. The number of nitrogens with one attached hydrogen (secondary N) is 2. The van der Waals surface area contributed by atoms with Crippen LogP contribution in [-0.2, 0) is 0 Å². The molecular formula is C14H9ClFN3O. The normalized spacial score (nSPS) is 10.7. The minimum atomic E-state index is -0.575. The Balaban J connectivity index is 1.88. The highest BCUT2D eigenvalue weighted by Crippen LogP contribution is 2.20. The van der Waals surface area contributed by atoms with Crippen LogP contribution >= 0.6 is 11.6 Å². The molecule has 4 nitrogen and oxygen atoms in total. The Morgan fingerprint density at radius 2 is 2.10 bits per heavy atom. The fourth-order valence-corrected chi connectivity index (χ4v) is 2.02. The third-order valence-corrected chi connectivity index (χ3v) is 3.12. The van der Waals surface area contributed by atoms with E-state index >= 15 is 0 Å². The number of benzene rings is 2. The Morgan fingerprint density at radius 3 is 2.90 bits per heavy atom. The van der Waals surface area contributed by atoms with Gasteiger partial charge in [0.05, 0.1) is 17.4 Å². The number of fused-ring (bicyclic) bond motifs is 1. The van der Waals surface area contributed by atoms with Gasteiger partial charge >= 0.3 is 0 Å². The van der Waals surface area contributed by atoms with Gasteiger partial charge < -0.3 is 5.32 Å². The molecule has 6 heteroatoms. The number of halogens is 2. The number of aromatic nitrogens is 2. The molecule has 0 bridgehead atoms. The Kier molecular flexibility index (Phi) is 3.12. The molecule has 3 rings (SSSR count). The van der Waals surface area contributed by atoms with E-state index in [0.717, 1.165) is 17.0 Å². The van der Waals surface area contributed by atoms with E-state index in [2.05, 4.69) is 15.5 Å². The first-order valence-electron chi connectivity index (χ1n) is 5.83. The first kappa shape index (κ1) is 12.6. The van der Waals surface area contributed by atoms with Gasteiger partial charge in [0.1, 0.15) is 5.82 Å². The molecule has 0 aliphatic heterocycles. The number of hydrogen-bond acceptors (Lipinski definition) is 2. The lowest BCUT2D eigenvalue weighted by Gasteiger charge is -2.06. The molecule has 0 aliphatic rings. The van der Waals surface area contributed by atoms with Crippen LogP contribution in [0.2, 0.25) is 5.02 Å². The number of H-pyrrole nitrogens is 1. The zero-order valence-corrected chi connectivity index (χ0v) is 10.9. The van der Waals surface area contributed by atoms with Gasteiger partial charge in [0.15, 0.2) is 0 Å². The predicted octanol–water partition coefficient (Wildman–Crippen LogP) is 3.61. The number of hydrogen-bond donors (Lipinski definition) is 2. The number of aromatic amines is 1. The third kappa shape index (κ3) is 2.35. The number of amides is 1. The van der Waals surface area contributed by atoms with Crippen molar-refractivity contribution < 1.29 is 9.18 Å². The fourth-order valence-electron chi connectivity index (χ4n) is 1.86. The molecule has 0 radical (unpaired) electrons. The van der Waals surface area contributed by atoms with E-state index in [1.807, 2.05) is 0 Å². The molecule has 1 aromatic heterocycles. The Labute approximate surface area is 118 Å². The zero-order valence-electron chi connectivity index (χ0n) is 10.2. The van der Waals surface area contributed by atoms with Crippen LogP contribution in [-0.4, -0.2) is 16.1 Å². The highest BCUT2D eigenvalue weighted by Gasteiger charge is 2.10. The Bertz CT molecular complexity index is 800. The second kappa shape index (κ2) is 4.94. The number of rotatable bonds is 2. The highest BCUT2D eigenvalue weighted by atomic mass is 35.5. The molecule has 0 spiro atoms. The fraction of sp³-hybridized carbons (Fsp3) is 0. The molecule has 0 saturated heterocycles. The highest BCUT2D eigenvalue weighted by molar-refractivity contribution is 6.30. The first-order valence-corrected chi connectivity index (χ1v) is 6.21. The second-order valence-corrected chi connectivity index (χ2v) is 4.69. The zero-order chi connectivity index (χ0) is 14.1. The molecular weight excluding hydrogens is 281 g/mol. The van der Waals surface area contributed by atoms with Crippen LogP contribution in [0, 0.1) is 5.82 Å². The monoisotopic (exact) mass is 289 g/mol. The van der Waals surface area contributed by atoms with Gasteiger partial charge in [0.25, 0.3) is 5.91 Å². The van der Waals surface area contributed by atoms with E-state index in [1.54, 1.807) is 24.4 Å². The minimum absolute atomic E-state index is 0.0871. The van der Waals surface area contributed by atoms with Gasteiger partial charge in [0, 0.05) is 16.0 Å². The molecule has 0 saturated carbocycles. The van der Waals surface area contributed by atoms with Crippen molar-refractivity contribution in [1.82, 2.24) is 10.2 Å². The topological polar surface area (TPSA) is 57.8 Å². The van der Waals surface area contributed by atoms with Crippen molar-refractivity contribution in [2.24, 2.45) is 0 Å². The van der Waals surface area contributed by atoms with E-state index in [4.69, 9.17) is 11.6 Å². The number of nitrogens with zero attached hydrogens (tertiary/aromatic N) is 1. The molecule has 0 unspecified atom stereocenters. The van der Waals surface area contributed by atoms with Crippen LogP contribution in [0.1, 0.15) is 10.4 Å². The number of anilines is 1. The van der Waals surface area contributed by atoms with Gasteiger partial charge in [0.2, 0.25) is 0 Å². The van der Waals surface area contributed by atoms with E-state index < -0.39 is 11.7 Å². The molecule has 0 fully saturated rings. The quantitative estimate of drug-likeness (QED) is 0.757. The van der Waals surface area contributed by atoms with Crippen molar-refractivity contribution in [2.45, 2.75) is 0 Å². The minimum Gasteiger partial charge on any atom is -0.319 e. The van der Waals surface area contributed by atoms with Crippen LogP contribution < -0.4 is 5.32 Å². The van der Waals surface area contributed by atoms with Crippen molar-refractivity contribution in [3.63, 3.8) is 0 Å². The molecule has 2 N–H and O–H groups in total.